The van der Waals surface area contributed by atoms with Crippen LogP contribution in [0.1, 0.15) is 49.7 Å². The molecule has 2 unspecified atom stereocenters. The fourth-order valence-electron chi connectivity index (χ4n) is 2.40. The van der Waals surface area contributed by atoms with Crippen molar-refractivity contribution in [3.8, 4) is 5.75 Å². The lowest BCUT2D eigenvalue weighted by molar-refractivity contribution is 0.0607. The van der Waals surface area contributed by atoms with E-state index in [4.69, 9.17) is 15.2 Å². The van der Waals surface area contributed by atoms with Crippen molar-refractivity contribution in [2.45, 2.75) is 52.2 Å². The fourth-order valence-corrected chi connectivity index (χ4v) is 3.44. The summed E-state index contributed by atoms with van der Waals surface area (Å²) in [6, 6.07) is 0.461. The summed E-state index contributed by atoms with van der Waals surface area (Å²) in [5.41, 5.74) is 6.43. The van der Waals surface area contributed by atoms with E-state index in [1.54, 1.807) is 0 Å². The average molecular weight is 312 g/mol. The highest BCUT2D eigenvalue weighted by Crippen LogP contribution is 2.47. The first-order valence-corrected chi connectivity index (χ1v) is 8.23. The van der Waals surface area contributed by atoms with Gasteiger partial charge >= 0.3 is 5.97 Å². The monoisotopic (exact) mass is 312 g/mol. The smallest absolute Gasteiger partial charge is 0.350 e. The number of thiophene rings is 1. The molecule has 1 saturated carbocycles. The Morgan fingerprint density at radius 2 is 2.24 bits per heavy atom. The molecule has 0 bridgehead atoms. The van der Waals surface area contributed by atoms with Gasteiger partial charge in [-0.3, -0.25) is 0 Å². The first-order chi connectivity index (χ1) is 9.97. The summed E-state index contributed by atoms with van der Waals surface area (Å²) < 4.78 is 10.6. The van der Waals surface area contributed by atoms with Gasteiger partial charge in [0.15, 0.2) is 5.75 Å². The third kappa shape index (κ3) is 3.61. The van der Waals surface area contributed by atoms with Crippen molar-refractivity contribution in [1.29, 1.82) is 0 Å². The second-order valence-electron chi connectivity index (χ2n) is 5.70. The molecule has 1 aromatic heterocycles. The number of carbonyl (C=O) groups is 1. The molecule has 1 heterocycles. The van der Waals surface area contributed by atoms with E-state index in [1.807, 2.05) is 13.8 Å². The lowest BCUT2D eigenvalue weighted by Gasteiger charge is -2.12. The standard InChI is InChI=1S/C15H24N2O3S/c1-5-6-9-7-10(9)17-14-12(20-8(2)3)11(16)13(21-14)15(18)19-4/h8-10,17H,5-7,16H2,1-4H3. The molecule has 0 saturated heterocycles. The number of nitrogens with one attached hydrogen (secondary N) is 1. The van der Waals surface area contributed by atoms with Gasteiger partial charge in [-0.25, -0.2) is 4.79 Å². The third-order valence-electron chi connectivity index (χ3n) is 3.52. The highest BCUT2D eigenvalue weighted by Gasteiger charge is 2.37. The largest absolute Gasteiger partial charge is 0.486 e. The highest BCUT2D eigenvalue weighted by molar-refractivity contribution is 7.19. The Labute approximate surface area is 129 Å². The number of carbonyl (C=O) groups excluding carboxylic acids is 1. The van der Waals surface area contributed by atoms with Gasteiger partial charge < -0.3 is 20.5 Å². The van der Waals surface area contributed by atoms with Crippen molar-refractivity contribution in [2.75, 3.05) is 18.2 Å². The third-order valence-corrected chi connectivity index (χ3v) is 4.62. The quantitative estimate of drug-likeness (QED) is 0.754. The summed E-state index contributed by atoms with van der Waals surface area (Å²) >= 11 is 1.31. The highest BCUT2D eigenvalue weighted by atomic mass is 32.1. The van der Waals surface area contributed by atoms with Gasteiger partial charge in [0.2, 0.25) is 0 Å². The van der Waals surface area contributed by atoms with Crippen LogP contribution < -0.4 is 15.8 Å². The number of rotatable bonds is 7. The Balaban J connectivity index is 2.20. The molecule has 0 aromatic carbocycles. The van der Waals surface area contributed by atoms with Gasteiger partial charge in [-0.15, -0.1) is 11.3 Å². The van der Waals surface area contributed by atoms with Crippen LogP contribution in [0.5, 0.6) is 5.75 Å². The number of hydrogen-bond acceptors (Lipinski definition) is 6. The molecule has 0 spiro atoms. The van der Waals surface area contributed by atoms with Crippen molar-refractivity contribution in [2.24, 2.45) is 5.92 Å². The molecule has 6 heteroatoms. The molecule has 1 aliphatic rings. The van der Waals surface area contributed by atoms with E-state index < -0.39 is 5.97 Å². The molecule has 0 aliphatic heterocycles. The van der Waals surface area contributed by atoms with Crippen molar-refractivity contribution in [1.82, 2.24) is 0 Å². The first-order valence-electron chi connectivity index (χ1n) is 7.41. The maximum atomic E-state index is 11.8. The number of ether oxygens (including phenoxy) is 2. The summed E-state index contributed by atoms with van der Waals surface area (Å²) in [5.74, 6) is 0.879. The van der Waals surface area contributed by atoms with Crippen molar-refractivity contribution in [3.63, 3.8) is 0 Å². The Morgan fingerprint density at radius 3 is 2.81 bits per heavy atom. The Kier molecular flexibility index (Phi) is 4.98. The number of methoxy groups -OCH3 is 1. The van der Waals surface area contributed by atoms with Gasteiger partial charge in [0.25, 0.3) is 0 Å². The predicted molar refractivity (Wildman–Crippen MR) is 86.3 cm³/mol. The fraction of sp³-hybridized carbons (Fsp3) is 0.667. The summed E-state index contributed by atoms with van der Waals surface area (Å²) in [4.78, 5) is 12.2. The molecule has 0 amide bonds. The minimum absolute atomic E-state index is 0.00131. The number of hydrogen-bond donors (Lipinski definition) is 2. The zero-order valence-electron chi connectivity index (χ0n) is 13.1. The van der Waals surface area contributed by atoms with Crippen LogP contribution in [-0.2, 0) is 4.74 Å². The average Bonchev–Trinajstić information content (AvgIpc) is 3.10. The van der Waals surface area contributed by atoms with E-state index in [-0.39, 0.29) is 6.10 Å². The van der Waals surface area contributed by atoms with Crippen LogP contribution >= 0.6 is 11.3 Å². The Hall–Kier alpha value is -1.43. The van der Waals surface area contributed by atoms with Gasteiger partial charge in [0.05, 0.1) is 13.2 Å². The summed E-state index contributed by atoms with van der Waals surface area (Å²) in [5, 5.41) is 4.31. The van der Waals surface area contributed by atoms with E-state index in [0.29, 0.717) is 28.3 Å². The predicted octanol–water partition coefficient (Wildman–Crippen LogP) is 3.50. The zero-order valence-corrected chi connectivity index (χ0v) is 13.9. The molecule has 1 fully saturated rings. The van der Waals surface area contributed by atoms with Gasteiger partial charge in [-0.2, -0.15) is 0 Å². The number of anilines is 2. The Morgan fingerprint density at radius 1 is 1.52 bits per heavy atom. The number of nitrogen functional groups attached to an aromatic ring is 1. The van der Waals surface area contributed by atoms with Crippen LogP contribution in [0.2, 0.25) is 0 Å². The molecule has 5 nitrogen and oxygen atoms in total. The maximum Gasteiger partial charge on any atom is 0.350 e. The summed E-state index contributed by atoms with van der Waals surface area (Å²) in [6.07, 6.45) is 3.58. The van der Waals surface area contributed by atoms with E-state index in [1.165, 1.54) is 37.7 Å². The second-order valence-corrected chi connectivity index (χ2v) is 6.72. The van der Waals surface area contributed by atoms with Crippen LogP contribution in [-0.4, -0.2) is 25.2 Å². The summed E-state index contributed by atoms with van der Waals surface area (Å²) in [6.45, 7) is 6.08. The van der Waals surface area contributed by atoms with Crippen LogP contribution in [0.25, 0.3) is 0 Å². The van der Waals surface area contributed by atoms with Crippen molar-refractivity contribution in [3.05, 3.63) is 4.88 Å². The summed E-state index contributed by atoms with van der Waals surface area (Å²) in [7, 11) is 1.36. The Bertz CT molecular complexity index is 513. The normalized spacial score (nSPS) is 20.4. The minimum Gasteiger partial charge on any atom is -0.486 e. The van der Waals surface area contributed by atoms with E-state index in [0.717, 1.165) is 5.00 Å². The molecular formula is C15H24N2O3S. The number of nitrogens with two attached hydrogens (primary N) is 1. The van der Waals surface area contributed by atoms with Gasteiger partial charge in [0, 0.05) is 6.04 Å². The van der Waals surface area contributed by atoms with Gasteiger partial charge in [0.1, 0.15) is 15.6 Å². The van der Waals surface area contributed by atoms with Crippen LogP contribution in [0.4, 0.5) is 10.7 Å². The maximum absolute atomic E-state index is 11.8. The zero-order chi connectivity index (χ0) is 15.6. The van der Waals surface area contributed by atoms with Crippen molar-refractivity contribution < 1.29 is 14.3 Å². The van der Waals surface area contributed by atoms with Crippen LogP contribution in [0.3, 0.4) is 0 Å². The molecule has 118 valence electrons. The number of esters is 1. The lowest BCUT2D eigenvalue weighted by Crippen LogP contribution is -2.10. The molecular weight excluding hydrogens is 288 g/mol. The lowest BCUT2D eigenvalue weighted by atomic mass is 10.2. The molecule has 21 heavy (non-hydrogen) atoms. The van der Waals surface area contributed by atoms with E-state index in [2.05, 4.69) is 12.2 Å². The second kappa shape index (κ2) is 6.56. The van der Waals surface area contributed by atoms with Crippen LogP contribution in [0, 0.1) is 5.92 Å². The molecule has 1 aromatic rings. The molecule has 2 rings (SSSR count). The van der Waals surface area contributed by atoms with Crippen LogP contribution in [0.15, 0.2) is 0 Å². The van der Waals surface area contributed by atoms with E-state index in [9.17, 15) is 4.79 Å². The molecule has 1 aliphatic carbocycles. The molecule has 2 atom stereocenters. The molecule has 0 radical (unpaired) electrons. The topological polar surface area (TPSA) is 73.6 Å². The first kappa shape index (κ1) is 15.9. The van der Waals surface area contributed by atoms with Gasteiger partial charge in [-0.1, -0.05) is 13.3 Å². The minimum atomic E-state index is -0.417. The van der Waals surface area contributed by atoms with Gasteiger partial charge in [-0.05, 0) is 32.6 Å². The molecule has 3 N–H and O–H groups in total. The van der Waals surface area contributed by atoms with Crippen molar-refractivity contribution >= 4 is 28.0 Å². The SMILES string of the molecule is CCCC1CC1Nc1sc(C(=O)OC)c(N)c1OC(C)C. The van der Waals surface area contributed by atoms with E-state index >= 15 is 0 Å².